The van der Waals surface area contributed by atoms with Crippen LogP contribution in [0.25, 0.3) is 11.1 Å². The van der Waals surface area contributed by atoms with E-state index in [1.165, 1.54) is 0 Å². The molecule has 44 heavy (non-hydrogen) atoms. The third-order valence-electron chi connectivity index (χ3n) is 9.37. The smallest absolute Gasteiger partial charge is 0.251 e. The van der Waals surface area contributed by atoms with Crippen molar-refractivity contribution in [3.8, 4) is 11.1 Å². The van der Waals surface area contributed by atoms with E-state index in [1.807, 2.05) is 26.1 Å². The number of ether oxygens (including phenoxy) is 1. The van der Waals surface area contributed by atoms with E-state index >= 15 is 0 Å². The molecule has 0 bridgehead atoms. The molecule has 9 nitrogen and oxygen atoms in total. The van der Waals surface area contributed by atoms with Gasteiger partial charge in [0.2, 0.25) is 5.91 Å². The number of primary amides is 1. The van der Waals surface area contributed by atoms with Gasteiger partial charge >= 0.3 is 0 Å². The van der Waals surface area contributed by atoms with Crippen molar-refractivity contribution in [3.05, 3.63) is 52.7 Å². The fourth-order valence-electron chi connectivity index (χ4n) is 6.62. The number of benzene rings is 1. The third-order valence-corrected chi connectivity index (χ3v) is 9.37. The number of anilines is 2. The van der Waals surface area contributed by atoms with Crippen molar-refractivity contribution < 1.29 is 14.3 Å². The lowest BCUT2D eigenvalue weighted by Crippen LogP contribution is -2.42. The number of rotatable bonds is 12. The number of carbonyl (C=O) groups excluding carboxylic acids is 2. The molecule has 240 valence electrons. The minimum atomic E-state index is -0.490. The highest BCUT2D eigenvalue weighted by Crippen LogP contribution is 2.34. The Bertz CT molecular complexity index is 1310. The van der Waals surface area contributed by atoms with E-state index in [1.54, 1.807) is 0 Å². The molecule has 3 N–H and O–H groups in total. The number of hydrogen-bond donors (Lipinski definition) is 2. The van der Waals surface area contributed by atoms with E-state index < -0.39 is 5.91 Å². The second-order valence-corrected chi connectivity index (χ2v) is 12.4. The first-order chi connectivity index (χ1) is 21.1. The molecule has 0 radical (unpaired) electrons. The zero-order valence-electron chi connectivity index (χ0n) is 27.6. The van der Waals surface area contributed by atoms with Gasteiger partial charge in [0.25, 0.3) is 5.91 Å². The Balaban J connectivity index is 1.66. The van der Waals surface area contributed by atoms with Gasteiger partial charge in [-0.15, -0.1) is 0 Å². The number of hydrogen-bond acceptors (Lipinski definition) is 7. The molecule has 2 aliphatic heterocycles. The van der Waals surface area contributed by atoms with E-state index in [0.29, 0.717) is 23.2 Å². The van der Waals surface area contributed by atoms with Gasteiger partial charge in [-0.25, -0.2) is 4.98 Å². The van der Waals surface area contributed by atoms with E-state index in [-0.39, 0.29) is 12.5 Å². The van der Waals surface area contributed by atoms with Crippen molar-refractivity contribution in [3.63, 3.8) is 0 Å². The minimum Gasteiger partial charge on any atom is -0.381 e. The quantitative estimate of drug-likeness (QED) is 0.331. The van der Waals surface area contributed by atoms with Gasteiger partial charge in [-0.1, -0.05) is 18.9 Å². The molecule has 0 unspecified atom stereocenters. The zero-order chi connectivity index (χ0) is 31.8. The highest BCUT2D eigenvalue weighted by Gasteiger charge is 2.26. The number of nitrogens with one attached hydrogen (secondary N) is 1. The van der Waals surface area contributed by atoms with Crippen molar-refractivity contribution in [1.29, 1.82) is 0 Å². The summed E-state index contributed by atoms with van der Waals surface area (Å²) in [6, 6.07) is 9.32. The maximum absolute atomic E-state index is 13.8. The second-order valence-electron chi connectivity index (χ2n) is 12.4. The van der Waals surface area contributed by atoms with Crippen LogP contribution in [-0.4, -0.2) is 87.3 Å². The summed E-state index contributed by atoms with van der Waals surface area (Å²) in [7, 11) is 4.31. The number of nitrogens with zero attached hydrogens (tertiary/aromatic N) is 4. The molecular formula is C35H52N6O3. The first kappa shape index (κ1) is 33.5. The van der Waals surface area contributed by atoms with E-state index in [4.69, 9.17) is 15.5 Å². The summed E-state index contributed by atoms with van der Waals surface area (Å²) in [6.45, 7) is 12.5. The molecule has 2 aliphatic rings. The summed E-state index contributed by atoms with van der Waals surface area (Å²) < 4.78 is 5.66. The maximum Gasteiger partial charge on any atom is 0.251 e. The zero-order valence-corrected chi connectivity index (χ0v) is 27.6. The van der Waals surface area contributed by atoms with Crippen LogP contribution in [0.3, 0.4) is 0 Å². The molecule has 1 aromatic carbocycles. The van der Waals surface area contributed by atoms with Crippen molar-refractivity contribution in [2.75, 3.05) is 63.3 Å². The Morgan fingerprint density at radius 1 is 1.05 bits per heavy atom. The lowest BCUT2D eigenvalue weighted by atomic mass is 9.95. The van der Waals surface area contributed by atoms with E-state index in [0.717, 1.165) is 105 Å². The molecule has 0 saturated carbocycles. The van der Waals surface area contributed by atoms with Gasteiger partial charge in [0, 0.05) is 80.1 Å². The monoisotopic (exact) mass is 604 g/mol. The Hall–Kier alpha value is -3.43. The summed E-state index contributed by atoms with van der Waals surface area (Å²) in [5.41, 5.74) is 11.6. The van der Waals surface area contributed by atoms with Gasteiger partial charge in [0.05, 0.1) is 0 Å². The largest absolute Gasteiger partial charge is 0.381 e. The molecule has 1 aromatic heterocycles. The van der Waals surface area contributed by atoms with Gasteiger partial charge in [0.15, 0.2) is 0 Å². The SMILES string of the molecule is CCCC(C)=C(CNC(=O)c1cc(-c2ccc(N3CCC(N(C)C)CC3)nc2)cc(N(CC)C2CCOCC2)c1C)C(N)=O. The summed E-state index contributed by atoms with van der Waals surface area (Å²) >= 11 is 0. The van der Waals surface area contributed by atoms with Crippen LogP contribution >= 0.6 is 0 Å². The van der Waals surface area contributed by atoms with Crippen molar-refractivity contribution in [2.45, 2.75) is 78.3 Å². The molecular weight excluding hydrogens is 552 g/mol. The molecule has 9 heteroatoms. The van der Waals surface area contributed by atoms with Crippen molar-refractivity contribution in [2.24, 2.45) is 5.73 Å². The highest BCUT2D eigenvalue weighted by molar-refractivity contribution is 6.00. The number of piperidine rings is 1. The Labute approximate surface area is 263 Å². The first-order valence-corrected chi connectivity index (χ1v) is 16.3. The number of nitrogens with two attached hydrogens (primary N) is 1. The standard InChI is InChI=1S/C35H52N6O3/c1-7-9-24(3)31(34(36)42)23-38-35(43)30-20-27(21-32(25(30)4)41(8-2)29-14-18-44-19-15-29)26-10-11-33(37-22-26)40-16-12-28(13-17-40)39(5)6/h10-11,20-22,28-29H,7-9,12-19,23H2,1-6H3,(H2,36,42)(H,38,43). The summed E-state index contributed by atoms with van der Waals surface area (Å²) in [4.78, 5) is 37.9. The van der Waals surface area contributed by atoms with Crippen LogP contribution in [0.2, 0.25) is 0 Å². The number of allylic oxidation sites excluding steroid dienone is 1. The van der Waals surface area contributed by atoms with Crippen molar-refractivity contribution in [1.82, 2.24) is 15.2 Å². The predicted molar refractivity (Wildman–Crippen MR) is 179 cm³/mol. The highest BCUT2D eigenvalue weighted by atomic mass is 16.5. The molecule has 0 aliphatic carbocycles. The fraction of sp³-hybridized carbons (Fsp3) is 0.571. The molecule has 3 heterocycles. The molecule has 2 fully saturated rings. The number of amides is 2. The van der Waals surface area contributed by atoms with E-state index in [9.17, 15) is 9.59 Å². The normalized spacial score (nSPS) is 17.0. The number of pyridine rings is 1. The maximum atomic E-state index is 13.8. The Morgan fingerprint density at radius 2 is 1.75 bits per heavy atom. The van der Waals surface area contributed by atoms with Crippen LogP contribution in [0.15, 0.2) is 41.6 Å². The molecule has 2 amide bonds. The lowest BCUT2D eigenvalue weighted by molar-refractivity contribution is -0.114. The Kier molecular flexibility index (Phi) is 11.8. The average Bonchev–Trinajstić information content (AvgIpc) is 3.03. The fourth-order valence-corrected chi connectivity index (χ4v) is 6.62. The average molecular weight is 605 g/mol. The predicted octanol–water partition coefficient (Wildman–Crippen LogP) is 4.92. The van der Waals surface area contributed by atoms with Crippen LogP contribution in [0, 0.1) is 6.92 Å². The lowest BCUT2D eigenvalue weighted by Gasteiger charge is -2.37. The Morgan fingerprint density at radius 3 is 2.32 bits per heavy atom. The number of carbonyl (C=O) groups is 2. The third kappa shape index (κ3) is 7.99. The van der Waals surface area contributed by atoms with Gasteiger partial charge in [-0.3, -0.25) is 9.59 Å². The van der Waals surface area contributed by atoms with Gasteiger partial charge < -0.3 is 30.5 Å². The first-order valence-electron chi connectivity index (χ1n) is 16.3. The van der Waals surface area contributed by atoms with E-state index in [2.05, 4.69) is 66.2 Å². The van der Waals surface area contributed by atoms with Gasteiger partial charge in [-0.2, -0.15) is 0 Å². The van der Waals surface area contributed by atoms with Gasteiger partial charge in [0.1, 0.15) is 5.82 Å². The molecule has 2 aromatic rings. The van der Waals surface area contributed by atoms with Crippen LogP contribution in [0.5, 0.6) is 0 Å². The van der Waals surface area contributed by atoms with Crippen molar-refractivity contribution >= 4 is 23.3 Å². The van der Waals surface area contributed by atoms with Crippen LogP contribution in [0.4, 0.5) is 11.5 Å². The summed E-state index contributed by atoms with van der Waals surface area (Å²) in [5, 5.41) is 3.00. The van der Waals surface area contributed by atoms with Crippen LogP contribution in [0.1, 0.15) is 75.2 Å². The number of aromatic nitrogens is 1. The van der Waals surface area contributed by atoms with Gasteiger partial charge in [-0.05, 0) is 102 Å². The summed E-state index contributed by atoms with van der Waals surface area (Å²) in [5.74, 6) is 0.281. The molecule has 4 rings (SSSR count). The summed E-state index contributed by atoms with van der Waals surface area (Å²) in [6.07, 6.45) is 7.74. The minimum absolute atomic E-state index is 0.108. The molecule has 0 spiro atoms. The topological polar surface area (TPSA) is 104 Å². The van der Waals surface area contributed by atoms with Crippen LogP contribution in [-0.2, 0) is 9.53 Å². The van der Waals surface area contributed by atoms with Crippen LogP contribution < -0.4 is 20.9 Å². The molecule has 0 atom stereocenters. The second kappa shape index (κ2) is 15.5. The molecule has 2 saturated heterocycles.